The zero-order valence-electron chi connectivity index (χ0n) is 20.3. The molecule has 1 saturated heterocycles. The summed E-state index contributed by atoms with van der Waals surface area (Å²) in [4.78, 5) is 15.0. The number of benzene rings is 2. The van der Waals surface area contributed by atoms with E-state index >= 15 is 0 Å². The first-order valence-electron chi connectivity index (χ1n) is 12.0. The van der Waals surface area contributed by atoms with Crippen LogP contribution in [0.1, 0.15) is 59.4 Å². The van der Waals surface area contributed by atoms with Crippen LogP contribution in [0.3, 0.4) is 0 Å². The summed E-state index contributed by atoms with van der Waals surface area (Å²) in [5.41, 5.74) is 1.19. The van der Waals surface area contributed by atoms with Crippen molar-refractivity contribution >= 4 is 24.2 Å². The molecule has 34 heavy (non-hydrogen) atoms. The van der Waals surface area contributed by atoms with E-state index in [1.165, 1.54) is 6.07 Å². The van der Waals surface area contributed by atoms with Crippen LogP contribution in [-0.4, -0.2) is 30.3 Å². The molecule has 3 aliphatic rings. The molecule has 8 heteroatoms. The number of rotatable bonds is 4. The van der Waals surface area contributed by atoms with Crippen LogP contribution >= 0.6 is 0 Å². The summed E-state index contributed by atoms with van der Waals surface area (Å²) in [6, 6.07) is 7.33. The molecule has 1 saturated carbocycles. The minimum atomic E-state index is -0.987. The first-order chi connectivity index (χ1) is 16.0. The zero-order valence-corrected chi connectivity index (χ0v) is 20.3. The van der Waals surface area contributed by atoms with Gasteiger partial charge in [-0.05, 0) is 78.5 Å². The second kappa shape index (κ2) is 8.06. The second-order valence-corrected chi connectivity index (χ2v) is 10.6. The molecule has 5 nitrogen and oxygen atoms in total. The van der Waals surface area contributed by atoms with Crippen LogP contribution in [0.5, 0.6) is 11.5 Å². The van der Waals surface area contributed by atoms with Crippen LogP contribution in [-0.2, 0) is 20.5 Å². The van der Waals surface area contributed by atoms with Crippen molar-refractivity contribution in [2.75, 3.05) is 4.90 Å². The molecular weight excluding hydrogens is 439 g/mol. The Morgan fingerprint density at radius 3 is 2.32 bits per heavy atom. The molecule has 0 aromatic heterocycles. The second-order valence-electron chi connectivity index (χ2n) is 10.6. The van der Waals surface area contributed by atoms with Crippen molar-refractivity contribution in [1.82, 2.24) is 0 Å². The van der Waals surface area contributed by atoms with Crippen molar-refractivity contribution in [2.45, 2.75) is 77.5 Å². The van der Waals surface area contributed by atoms with Gasteiger partial charge in [0, 0.05) is 29.1 Å². The Morgan fingerprint density at radius 1 is 1.03 bits per heavy atom. The van der Waals surface area contributed by atoms with Gasteiger partial charge in [0.25, 0.3) is 0 Å². The first kappa shape index (κ1) is 23.3. The molecule has 2 heterocycles. The molecule has 1 aliphatic carbocycles. The highest BCUT2D eigenvalue weighted by atomic mass is 19.2. The van der Waals surface area contributed by atoms with Gasteiger partial charge in [-0.3, -0.25) is 4.79 Å². The third-order valence-electron chi connectivity index (χ3n) is 7.56. The molecule has 0 bridgehead atoms. The number of anilines is 1. The monoisotopic (exact) mass is 469 g/mol. The molecule has 2 aromatic carbocycles. The summed E-state index contributed by atoms with van der Waals surface area (Å²) in [7, 11) is -0.706. The van der Waals surface area contributed by atoms with E-state index in [0.29, 0.717) is 17.6 Å². The number of hydrogen-bond acceptors (Lipinski definition) is 4. The van der Waals surface area contributed by atoms with E-state index < -0.39 is 30.0 Å². The Kier molecular flexibility index (Phi) is 5.52. The Hall–Kier alpha value is -2.45. The van der Waals surface area contributed by atoms with Gasteiger partial charge >= 0.3 is 7.12 Å². The fraction of sp³-hybridized carbons (Fsp3) is 0.500. The summed E-state index contributed by atoms with van der Waals surface area (Å²) in [6.45, 7) is 9.94. The maximum Gasteiger partial charge on any atom is 0.498 e. The van der Waals surface area contributed by atoms with Gasteiger partial charge in [0.2, 0.25) is 5.91 Å². The maximum absolute atomic E-state index is 14.0. The highest BCUT2D eigenvalue weighted by Gasteiger charge is 2.53. The maximum atomic E-state index is 14.0. The van der Waals surface area contributed by atoms with Crippen LogP contribution in [0, 0.1) is 17.6 Å². The average molecular weight is 469 g/mol. The van der Waals surface area contributed by atoms with Crippen molar-refractivity contribution in [3.05, 3.63) is 47.5 Å². The topological polar surface area (TPSA) is 48.0 Å². The molecule has 2 aliphatic heterocycles. The number of amides is 1. The lowest BCUT2D eigenvalue weighted by molar-refractivity contribution is -0.120. The van der Waals surface area contributed by atoms with Gasteiger partial charge in [0.15, 0.2) is 11.6 Å². The Balaban J connectivity index is 1.62. The number of carbonyl (C=O) groups excluding carboxylic acids is 1. The standard InChI is InChI=1S/C26H30BF2NO4/c1-15-6-10-18-22(30(15)24(31)16-7-8-16)13-11-19(27-33-25(2,3)26(4,5)34-27)23(18)32-17-9-12-20(28)21(29)14-17/h9,11-16H,6-8,10H2,1-5H3. The first-order valence-corrected chi connectivity index (χ1v) is 12.0. The van der Waals surface area contributed by atoms with Crippen LogP contribution in [0.2, 0.25) is 0 Å². The van der Waals surface area contributed by atoms with Crippen LogP contribution in [0.15, 0.2) is 30.3 Å². The normalized spacial score (nSPS) is 23.1. The summed E-state index contributed by atoms with van der Waals surface area (Å²) < 4.78 is 46.3. The number of ether oxygens (including phenoxy) is 1. The van der Waals surface area contributed by atoms with Crippen LogP contribution in [0.4, 0.5) is 14.5 Å². The van der Waals surface area contributed by atoms with Crippen LogP contribution < -0.4 is 15.1 Å². The number of carbonyl (C=O) groups is 1. The fourth-order valence-electron chi connectivity index (χ4n) is 4.62. The van der Waals surface area contributed by atoms with E-state index in [-0.39, 0.29) is 23.6 Å². The smallest absolute Gasteiger partial charge is 0.457 e. The molecular formula is C26H30BF2NO4. The zero-order chi connectivity index (χ0) is 24.4. The van der Waals surface area contributed by atoms with E-state index in [0.717, 1.165) is 42.6 Å². The van der Waals surface area contributed by atoms with Gasteiger partial charge in [-0.1, -0.05) is 6.07 Å². The predicted molar refractivity (Wildman–Crippen MR) is 127 cm³/mol. The van der Waals surface area contributed by atoms with E-state index in [4.69, 9.17) is 14.0 Å². The third kappa shape index (κ3) is 3.91. The van der Waals surface area contributed by atoms with Crippen molar-refractivity contribution in [3.8, 4) is 11.5 Å². The van der Waals surface area contributed by atoms with Gasteiger partial charge in [-0.15, -0.1) is 0 Å². The minimum Gasteiger partial charge on any atom is -0.457 e. The Labute approximate surface area is 199 Å². The molecule has 1 amide bonds. The lowest BCUT2D eigenvalue weighted by Gasteiger charge is -2.37. The largest absolute Gasteiger partial charge is 0.498 e. The van der Waals surface area contributed by atoms with Gasteiger partial charge in [0.05, 0.1) is 16.9 Å². The number of hydrogen-bond donors (Lipinski definition) is 0. The number of nitrogens with zero attached hydrogens (tertiary/aromatic N) is 1. The van der Waals surface area contributed by atoms with Gasteiger partial charge in [0.1, 0.15) is 11.5 Å². The molecule has 180 valence electrons. The molecule has 1 unspecified atom stereocenters. The highest BCUT2D eigenvalue weighted by Crippen LogP contribution is 2.43. The average Bonchev–Trinajstić information content (AvgIpc) is 3.57. The van der Waals surface area contributed by atoms with Crippen molar-refractivity contribution < 1.29 is 27.6 Å². The molecule has 2 fully saturated rings. The summed E-state index contributed by atoms with van der Waals surface area (Å²) in [6.07, 6.45) is 3.28. The third-order valence-corrected chi connectivity index (χ3v) is 7.56. The quantitative estimate of drug-likeness (QED) is 0.583. The minimum absolute atomic E-state index is 0.0689. The molecule has 0 spiro atoms. The molecule has 1 atom stereocenters. The SMILES string of the molecule is CC1CCc2c(ccc(B3OC(C)(C)C(C)(C)O3)c2Oc2ccc(F)c(F)c2)N1C(=O)C1CC1. The molecule has 0 radical (unpaired) electrons. The van der Waals surface area contributed by atoms with E-state index in [9.17, 15) is 13.6 Å². The van der Waals surface area contributed by atoms with Crippen molar-refractivity contribution in [3.63, 3.8) is 0 Å². The van der Waals surface area contributed by atoms with Gasteiger partial charge in [-0.25, -0.2) is 8.78 Å². The van der Waals surface area contributed by atoms with Gasteiger partial charge < -0.3 is 18.9 Å². The van der Waals surface area contributed by atoms with E-state index in [1.807, 2.05) is 44.7 Å². The lowest BCUT2D eigenvalue weighted by Crippen LogP contribution is -2.44. The number of halogens is 2. The van der Waals surface area contributed by atoms with Crippen molar-refractivity contribution in [2.24, 2.45) is 5.92 Å². The van der Waals surface area contributed by atoms with Crippen LogP contribution in [0.25, 0.3) is 0 Å². The van der Waals surface area contributed by atoms with E-state index in [1.54, 1.807) is 0 Å². The Bertz CT molecular complexity index is 1130. The number of fused-ring (bicyclic) bond motifs is 1. The van der Waals surface area contributed by atoms with E-state index in [2.05, 4.69) is 6.92 Å². The summed E-state index contributed by atoms with van der Waals surface area (Å²) in [5.74, 6) is -1.07. The van der Waals surface area contributed by atoms with Crippen molar-refractivity contribution in [1.29, 1.82) is 0 Å². The summed E-state index contributed by atoms with van der Waals surface area (Å²) in [5, 5.41) is 0. The summed E-state index contributed by atoms with van der Waals surface area (Å²) >= 11 is 0. The lowest BCUT2D eigenvalue weighted by atomic mass is 9.76. The fourth-order valence-corrected chi connectivity index (χ4v) is 4.62. The molecule has 5 rings (SSSR count). The molecule has 2 aromatic rings. The van der Waals surface area contributed by atoms with Gasteiger partial charge in [-0.2, -0.15) is 0 Å². The highest BCUT2D eigenvalue weighted by molar-refractivity contribution is 6.63. The predicted octanol–water partition coefficient (Wildman–Crippen LogP) is 5.13. The molecule has 0 N–H and O–H groups in total. The Morgan fingerprint density at radius 2 is 1.71 bits per heavy atom.